The molecule has 2 aromatic carbocycles. The highest BCUT2D eigenvalue weighted by atomic mass is 32.2. The Hall–Kier alpha value is -2.03. The first-order valence-electron chi connectivity index (χ1n) is 11.0. The number of rotatable bonds is 8. The highest BCUT2D eigenvalue weighted by Gasteiger charge is 2.23. The summed E-state index contributed by atoms with van der Waals surface area (Å²) in [5, 5.41) is 0. The molecule has 3 rings (SSSR count). The number of carbonyl (C=O) groups excluding carboxylic acids is 1. The van der Waals surface area contributed by atoms with Crippen molar-refractivity contribution in [2.75, 3.05) is 32.5 Å². The predicted octanol–water partition coefficient (Wildman–Crippen LogP) is 4.40. The van der Waals surface area contributed by atoms with Gasteiger partial charge in [0.15, 0.2) is 0 Å². The Labute approximate surface area is 195 Å². The van der Waals surface area contributed by atoms with Crippen LogP contribution in [0.15, 0.2) is 46.2 Å². The van der Waals surface area contributed by atoms with Crippen LogP contribution in [0, 0.1) is 13.8 Å². The Bertz CT molecular complexity index is 1050. The number of aryl methyl sites for hydroxylation is 1. The van der Waals surface area contributed by atoms with Crippen molar-refractivity contribution in [2.45, 2.75) is 49.3 Å². The molecule has 0 aliphatic carbocycles. The van der Waals surface area contributed by atoms with E-state index in [4.69, 9.17) is 4.74 Å². The van der Waals surface area contributed by atoms with Crippen molar-refractivity contribution in [1.29, 1.82) is 0 Å². The number of hydrogen-bond acceptors (Lipinski definition) is 5. The Morgan fingerprint density at radius 1 is 1.09 bits per heavy atom. The summed E-state index contributed by atoms with van der Waals surface area (Å²) >= 11 is 1.45. The number of sulfonamides is 1. The van der Waals surface area contributed by atoms with Crippen molar-refractivity contribution in [3.05, 3.63) is 53.1 Å². The van der Waals surface area contributed by atoms with Crippen LogP contribution in [0.5, 0.6) is 5.75 Å². The van der Waals surface area contributed by atoms with Gasteiger partial charge in [-0.3, -0.25) is 4.79 Å². The zero-order valence-corrected chi connectivity index (χ0v) is 20.7. The number of amides is 1. The SMILES string of the molecule is CSc1ccc(S(=O)(=O)NCCOc2cccc(C)c2C)cc1C(=O)N1CCCCCC1. The first-order valence-corrected chi connectivity index (χ1v) is 13.7. The van der Waals surface area contributed by atoms with E-state index in [0.717, 1.165) is 60.5 Å². The summed E-state index contributed by atoms with van der Waals surface area (Å²) in [6.07, 6.45) is 6.12. The Morgan fingerprint density at radius 3 is 2.50 bits per heavy atom. The lowest BCUT2D eigenvalue weighted by molar-refractivity contribution is 0.0758. The van der Waals surface area contributed by atoms with E-state index in [-0.39, 0.29) is 24.0 Å². The summed E-state index contributed by atoms with van der Waals surface area (Å²) < 4.78 is 34.1. The maximum absolute atomic E-state index is 13.2. The zero-order valence-electron chi connectivity index (χ0n) is 19.0. The molecular formula is C24H32N2O4S2. The van der Waals surface area contributed by atoms with Gasteiger partial charge in [-0.15, -0.1) is 11.8 Å². The molecule has 0 spiro atoms. The van der Waals surface area contributed by atoms with E-state index < -0.39 is 10.0 Å². The molecule has 1 amide bonds. The highest BCUT2D eigenvalue weighted by Crippen LogP contribution is 2.26. The van der Waals surface area contributed by atoms with Gasteiger partial charge in [-0.1, -0.05) is 25.0 Å². The van der Waals surface area contributed by atoms with E-state index >= 15 is 0 Å². The van der Waals surface area contributed by atoms with Crippen LogP contribution < -0.4 is 9.46 Å². The summed E-state index contributed by atoms with van der Waals surface area (Å²) in [6, 6.07) is 10.6. The van der Waals surface area contributed by atoms with Gasteiger partial charge in [0.25, 0.3) is 5.91 Å². The average molecular weight is 477 g/mol. The normalized spacial score (nSPS) is 14.8. The topological polar surface area (TPSA) is 75.7 Å². The van der Waals surface area contributed by atoms with E-state index in [2.05, 4.69) is 4.72 Å². The van der Waals surface area contributed by atoms with Gasteiger partial charge in [0.05, 0.1) is 10.5 Å². The lowest BCUT2D eigenvalue weighted by Gasteiger charge is -2.22. The number of hydrogen-bond donors (Lipinski definition) is 1. The molecule has 1 saturated heterocycles. The molecule has 0 saturated carbocycles. The van der Waals surface area contributed by atoms with Gasteiger partial charge < -0.3 is 9.64 Å². The summed E-state index contributed by atoms with van der Waals surface area (Å²) in [5.41, 5.74) is 2.62. The van der Waals surface area contributed by atoms with E-state index in [1.54, 1.807) is 12.1 Å². The zero-order chi connectivity index (χ0) is 23.1. The van der Waals surface area contributed by atoms with Crippen LogP contribution in [0.25, 0.3) is 0 Å². The number of likely N-dealkylation sites (tertiary alicyclic amines) is 1. The summed E-state index contributed by atoms with van der Waals surface area (Å²) in [7, 11) is -3.76. The molecule has 0 aromatic heterocycles. The fraction of sp³-hybridized carbons (Fsp3) is 0.458. The molecule has 32 heavy (non-hydrogen) atoms. The predicted molar refractivity (Wildman–Crippen MR) is 129 cm³/mol. The summed E-state index contributed by atoms with van der Waals surface area (Å²) in [5.74, 6) is 0.658. The summed E-state index contributed by atoms with van der Waals surface area (Å²) in [6.45, 7) is 5.77. The number of nitrogens with one attached hydrogen (secondary N) is 1. The monoisotopic (exact) mass is 476 g/mol. The average Bonchev–Trinajstić information content (AvgIpc) is 3.08. The second kappa shape index (κ2) is 11.2. The smallest absolute Gasteiger partial charge is 0.255 e. The van der Waals surface area contributed by atoms with Crippen molar-refractivity contribution in [2.24, 2.45) is 0 Å². The first-order chi connectivity index (χ1) is 15.3. The maximum atomic E-state index is 13.2. The van der Waals surface area contributed by atoms with Crippen LogP contribution in [-0.4, -0.2) is 51.7 Å². The third kappa shape index (κ3) is 6.05. The molecular weight excluding hydrogens is 444 g/mol. The van der Waals surface area contributed by atoms with E-state index in [0.29, 0.717) is 5.56 Å². The molecule has 0 atom stereocenters. The lowest BCUT2D eigenvalue weighted by Crippen LogP contribution is -2.33. The van der Waals surface area contributed by atoms with Crippen LogP contribution in [0.1, 0.15) is 47.2 Å². The van der Waals surface area contributed by atoms with E-state index in [1.165, 1.54) is 17.8 Å². The molecule has 0 bridgehead atoms. The largest absolute Gasteiger partial charge is 0.492 e. The van der Waals surface area contributed by atoms with Crippen molar-refractivity contribution in [3.8, 4) is 5.75 Å². The van der Waals surface area contributed by atoms with Gasteiger partial charge in [-0.25, -0.2) is 13.1 Å². The molecule has 1 N–H and O–H groups in total. The molecule has 1 aliphatic rings. The molecule has 1 fully saturated rings. The van der Waals surface area contributed by atoms with Crippen molar-refractivity contribution >= 4 is 27.7 Å². The maximum Gasteiger partial charge on any atom is 0.255 e. The van der Waals surface area contributed by atoms with Gasteiger partial charge in [0.1, 0.15) is 12.4 Å². The molecule has 0 unspecified atom stereocenters. The third-order valence-corrected chi connectivity index (χ3v) is 8.07. The molecule has 2 aromatic rings. The molecule has 1 heterocycles. The second-order valence-corrected chi connectivity index (χ2v) is 10.6. The Kier molecular flexibility index (Phi) is 8.62. The molecule has 174 valence electrons. The fourth-order valence-corrected chi connectivity index (χ4v) is 5.38. The lowest BCUT2D eigenvalue weighted by atomic mass is 10.1. The second-order valence-electron chi connectivity index (χ2n) is 8.01. The van der Waals surface area contributed by atoms with Crippen molar-refractivity contribution in [3.63, 3.8) is 0 Å². The minimum absolute atomic E-state index is 0.0912. The Morgan fingerprint density at radius 2 is 1.81 bits per heavy atom. The standard InChI is InChI=1S/C24H32N2O4S2/c1-18-9-8-10-22(19(18)2)30-16-13-25-32(28,29)20-11-12-23(31-3)21(17-20)24(27)26-14-6-4-5-7-15-26/h8-12,17,25H,4-7,13-16H2,1-3H3. The third-order valence-electron chi connectivity index (χ3n) is 5.81. The number of ether oxygens (including phenoxy) is 1. The van der Waals surface area contributed by atoms with Gasteiger partial charge >= 0.3 is 0 Å². The van der Waals surface area contributed by atoms with Crippen LogP contribution in [0.3, 0.4) is 0 Å². The molecule has 0 radical (unpaired) electrons. The highest BCUT2D eigenvalue weighted by molar-refractivity contribution is 7.98. The van der Waals surface area contributed by atoms with Crippen molar-refractivity contribution in [1.82, 2.24) is 9.62 Å². The summed E-state index contributed by atoms with van der Waals surface area (Å²) in [4.78, 5) is 15.9. The minimum atomic E-state index is -3.76. The van der Waals surface area contributed by atoms with Crippen LogP contribution >= 0.6 is 11.8 Å². The number of benzene rings is 2. The number of nitrogens with zero attached hydrogens (tertiary/aromatic N) is 1. The van der Waals surface area contributed by atoms with Crippen LogP contribution in [0.4, 0.5) is 0 Å². The quantitative estimate of drug-likeness (QED) is 0.451. The van der Waals surface area contributed by atoms with Gasteiger partial charge in [-0.2, -0.15) is 0 Å². The number of carbonyl (C=O) groups is 1. The minimum Gasteiger partial charge on any atom is -0.492 e. The fourth-order valence-electron chi connectivity index (χ4n) is 3.77. The van der Waals surface area contributed by atoms with Crippen LogP contribution in [-0.2, 0) is 10.0 Å². The molecule has 8 heteroatoms. The van der Waals surface area contributed by atoms with Gasteiger partial charge in [-0.05, 0) is 68.3 Å². The number of thioether (sulfide) groups is 1. The van der Waals surface area contributed by atoms with E-state index in [9.17, 15) is 13.2 Å². The molecule has 1 aliphatic heterocycles. The van der Waals surface area contributed by atoms with Crippen LogP contribution in [0.2, 0.25) is 0 Å². The molecule has 6 nitrogen and oxygen atoms in total. The van der Waals surface area contributed by atoms with Crippen molar-refractivity contribution < 1.29 is 17.9 Å². The van der Waals surface area contributed by atoms with Gasteiger partial charge in [0.2, 0.25) is 10.0 Å². The Balaban J connectivity index is 1.69. The van der Waals surface area contributed by atoms with E-state index in [1.807, 2.05) is 43.2 Å². The first kappa shape index (κ1) is 24.6. The van der Waals surface area contributed by atoms with Gasteiger partial charge in [0, 0.05) is 24.5 Å².